The van der Waals surface area contributed by atoms with Crippen LogP contribution >= 0.6 is 0 Å². The van der Waals surface area contributed by atoms with Crippen LogP contribution in [0.1, 0.15) is 54.5 Å². The highest BCUT2D eigenvalue weighted by molar-refractivity contribution is 5.85. The zero-order valence-corrected chi connectivity index (χ0v) is 10.5. The molecule has 0 spiro atoms. The zero-order valence-electron chi connectivity index (χ0n) is 10.5. The second kappa shape index (κ2) is 3.71. The molecule has 102 valence electrons. The van der Waals surface area contributed by atoms with Crippen molar-refractivity contribution in [2.45, 2.75) is 43.9 Å². The predicted molar refractivity (Wildman–Crippen MR) is 62.2 cm³/mol. The van der Waals surface area contributed by atoms with Gasteiger partial charge in [0.05, 0.1) is 11.9 Å². The summed E-state index contributed by atoms with van der Waals surface area (Å²) in [5.41, 5.74) is -0.744. The summed E-state index contributed by atoms with van der Waals surface area (Å²) < 4.78 is 27.3. The Bertz CT molecular complexity index is 556. The number of nitrogens with zero attached hydrogens (tertiary/aromatic N) is 2. The smallest absolute Gasteiger partial charge is 0.356 e. The molecule has 4 nitrogen and oxygen atoms in total. The molecule has 0 aromatic carbocycles. The van der Waals surface area contributed by atoms with E-state index in [0.717, 1.165) is 38.8 Å². The molecular weight excluding hydrogens is 254 g/mol. The molecule has 0 aliphatic heterocycles. The highest BCUT2D eigenvalue weighted by Gasteiger charge is 2.61. The molecule has 0 bridgehead atoms. The van der Waals surface area contributed by atoms with Crippen molar-refractivity contribution in [3.63, 3.8) is 0 Å². The van der Waals surface area contributed by atoms with Crippen molar-refractivity contribution < 1.29 is 18.7 Å². The average molecular weight is 268 g/mol. The number of hydrogen-bond acceptors (Lipinski definition) is 3. The van der Waals surface area contributed by atoms with Crippen LogP contribution in [0.25, 0.3) is 0 Å². The number of hydrogen-bond donors (Lipinski definition) is 1. The molecule has 0 radical (unpaired) electrons. The van der Waals surface area contributed by atoms with E-state index in [1.807, 2.05) is 0 Å². The highest BCUT2D eigenvalue weighted by atomic mass is 19.3. The summed E-state index contributed by atoms with van der Waals surface area (Å²) in [6.45, 7) is 0.782. The molecule has 0 saturated heterocycles. The van der Waals surface area contributed by atoms with E-state index < -0.39 is 11.9 Å². The summed E-state index contributed by atoms with van der Waals surface area (Å²) in [6, 6.07) is 0. The molecule has 2 atom stereocenters. The third-order valence-corrected chi connectivity index (χ3v) is 4.29. The molecule has 2 aliphatic rings. The van der Waals surface area contributed by atoms with E-state index in [0.29, 0.717) is 5.92 Å². The molecule has 1 aromatic rings. The lowest BCUT2D eigenvalue weighted by Gasteiger charge is -2.19. The Morgan fingerprint density at radius 2 is 2.32 bits per heavy atom. The number of fused-ring (bicyclic) bond motifs is 1. The number of carboxylic acid groups (broad SMARTS) is 1. The van der Waals surface area contributed by atoms with Gasteiger partial charge >= 0.3 is 5.97 Å². The van der Waals surface area contributed by atoms with E-state index in [1.165, 1.54) is 0 Å². The standard InChI is InChI=1S/C13H14F2N2O2/c1-12(14,15)9-10(13-4-2-3-7(13)5-13)17-8(6-16-9)11(18)19/h6-7H,2-5H2,1H3,(H,18,19). The lowest BCUT2D eigenvalue weighted by molar-refractivity contribution is 0.0103. The lowest BCUT2D eigenvalue weighted by Crippen LogP contribution is -2.22. The van der Waals surface area contributed by atoms with Crippen LogP contribution in [-0.2, 0) is 11.3 Å². The quantitative estimate of drug-likeness (QED) is 0.915. The fourth-order valence-electron chi connectivity index (χ4n) is 3.30. The average Bonchev–Trinajstić information content (AvgIpc) is 2.90. The second-order valence-electron chi connectivity index (χ2n) is 5.60. The van der Waals surface area contributed by atoms with Gasteiger partial charge in [0, 0.05) is 12.3 Å². The largest absolute Gasteiger partial charge is 0.476 e. The van der Waals surface area contributed by atoms with Gasteiger partial charge in [0.15, 0.2) is 5.69 Å². The molecule has 2 aliphatic carbocycles. The monoisotopic (exact) mass is 268 g/mol. The van der Waals surface area contributed by atoms with Gasteiger partial charge in [-0.05, 0) is 25.2 Å². The summed E-state index contributed by atoms with van der Waals surface area (Å²) in [6.07, 6.45) is 4.54. The van der Waals surface area contributed by atoms with Gasteiger partial charge in [-0.1, -0.05) is 6.42 Å². The maximum absolute atomic E-state index is 13.6. The zero-order chi connectivity index (χ0) is 13.8. The van der Waals surface area contributed by atoms with Crippen molar-refractivity contribution in [2.75, 3.05) is 0 Å². The lowest BCUT2D eigenvalue weighted by atomic mass is 9.95. The fraction of sp³-hybridized carbons (Fsp3) is 0.615. The first-order chi connectivity index (χ1) is 8.84. The van der Waals surface area contributed by atoms with Gasteiger partial charge in [0.25, 0.3) is 5.92 Å². The molecule has 2 saturated carbocycles. The molecule has 1 heterocycles. The third kappa shape index (κ3) is 1.81. The minimum Gasteiger partial charge on any atom is -0.476 e. The first-order valence-electron chi connectivity index (χ1n) is 6.34. The van der Waals surface area contributed by atoms with Crippen LogP contribution < -0.4 is 0 Å². The minimum absolute atomic E-state index is 0.211. The predicted octanol–water partition coefficient (Wildman–Crippen LogP) is 2.73. The summed E-state index contributed by atoms with van der Waals surface area (Å²) in [7, 11) is 0. The topological polar surface area (TPSA) is 63.1 Å². The van der Waals surface area contributed by atoms with Crippen LogP contribution in [0.2, 0.25) is 0 Å². The van der Waals surface area contributed by atoms with E-state index in [1.54, 1.807) is 0 Å². The van der Waals surface area contributed by atoms with E-state index >= 15 is 0 Å². The van der Waals surface area contributed by atoms with Gasteiger partial charge < -0.3 is 5.11 Å². The van der Waals surface area contributed by atoms with Crippen molar-refractivity contribution in [1.82, 2.24) is 9.97 Å². The number of aromatic carboxylic acids is 1. The van der Waals surface area contributed by atoms with Gasteiger partial charge in [-0.3, -0.25) is 4.98 Å². The molecular formula is C13H14F2N2O2. The van der Waals surface area contributed by atoms with Crippen LogP contribution in [-0.4, -0.2) is 21.0 Å². The fourth-order valence-corrected chi connectivity index (χ4v) is 3.30. The summed E-state index contributed by atoms with van der Waals surface area (Å²) in [5, 5.41) is 8.95. The van der Waals surface area contributed by atoms with Crippen LogP contribution in [0.3, 0.4) is 0 Å². The highest BCUT2D eigenvalue weighted by Crippen LogP contribution is 2.65. The first-order valence-corrected chi connectivity index (χ1v) is 6.34. The van der Waals surface area contributed by atoms with Gasteiger partial charge in [-0.25, -0.2) is 9.78 Å². The Hall–Kier alpha value is -1.59. The molecule has 0 amide bonds. The van der Waals surface area contributed by atoms with Crippen molar-refractivity contribution in [2.24, 2.45) is 5.92 Å². The molecule has 6 heteroatoms. The Morgan fingerprint density at radius 3 is 2.79 bits per heavy atom. The minimum atomic E-state index is -3.09. The van der Waals surface area contributed by atoms with Gasteiger partial charge in [0.2, 0.25) is 0 Å². The van der Waals surface area contributed by atoms with E-state index in [9.17, 15) is 13.6 Å². The number of aromatic nitrogens is 2. The number of alkyl halides is 2. The molecule has 19 heavy (non-hydrogen) atoms. The number of rotatable bonds is 3. The second-order valence-corrected chi connectivity index (χ2v) is 5.60. The summed E-state index contributed by atoms with van der Waals surface area (Å²) in [4.78, 5) is 18.6. The normalized spacial score (nSPS) is 29.1. The van der Waals surface area contributed by atoms with Crippen molar-refractivity contribution in [1.29, 1.82) is 0 Å². The maximum Gasteiger partial charge on any atom is 0.356 e. The number of carboxylic acids is 1. The maximum atomic E-state index is 13.6. The van der Waals surface area contributed by atoms with Crippen LogP contribution in [0.4, 0.5) is 8.78 Å². The van der Waals surface area contributed by atoms with Crippen molar-refractivity contribution in [3.8, 4) is 0 Å². The molecule has 1 N–H and O–H groups in total. The third-order valence-electron chi connectivity index (χ3n) is 4.29. The number of carbonyl (C=O) groups is 1. The van der Waals surface area contributed by atoms with Gasteiger partial charge in [-0.15, -0.1) is 0 Å². The van der Waals surface area contributed by atoms with Crippen LogP contribution in [0, 0.1) is 5.92 Å². The SMILES string of the molecule is CC(F)(F)c1ncc(C(=O)O)nc1C12CCCC1C2. The molecule has 2 unspecified atom stereocenters. The Balaban J connectivity index is 2.14. The number of halogens is 2. The molecule has 1 aromatic heterocycles. The summed E-state index contributed by atoms with van der Waals surface area (Å²) >= 11 is 0. The van der Waals surface area contributed by atoms with Gasteiger partial charge in [0.1, 0.15) is 5.69 Å². The summed E-state index contributed by atoms with van der Waals surface area (Å²) in [5.74, 6) is -3.96. The Kier molecular flexibility index (Phi) is 2.43. The molecule has 3 rings (SSSR count). The van der Waals surface area contributed by atoms with Crippen molar-refractivity contribution >= 4 is 5.97 Å². The van der Waals surface area contributed by atoms with Crippen molar-refractivity contribution in [3.05, 3.63) is 23.3 Å². The van der Waals surface area contributed by atoms with E-state index in [-0.39, 0.29) is 22.5 Å². The molecule has 2 fully saturated rings. The van der Waals surface area contributed by atoms with Crippen LogP contribution in [0.15, 0.2) is 6.20 Å². The van der Waals surface area contributed by atoms with E-state index in [4.69, 9.17) is 5.11 Å². The Labute approximate surface area is 108 Å². The van der Waals surface area contributed by atoms with Gasteiger partial charge in [-0.2, -0.15) is 8.78 Å². The first kappa shape index (κ1) is 12.4. The van der Waals surface area contributed by atoms with E-state index in [2.05, 4.69) is 9.97 Å². The Morgan fingerprint density at radius 1 is 1.58 bits per heavy atom. The van der Waals surface area contributed by atoms with Crippen LogP contribution in [0.5, 0.6) is 0 Å².